The molecular formula is C16H25N3O2S. The van der Waals surface area contributed by atoms with E-state index in [0.29, 0.717) is 5.92 Å². The van der Waals surface area contributed by atoms with Crippen molar-refractivity contribution in [2.75, 3.05) is 19.6 Å². The lowest BCUT2D eigenvalue weighted by Gasteiger charge is -2.25. The third kappa shape index (κ3) is 3.86. The van der Waals surface area contributed by atoms with Gasteiger partial charge in [0.2, 0.25) is 0 Å². The average Bonchev–Trinajstić information content (AvgIpc) is 3.18. The van der Waals surface area contributed by atoms with Crippen molar-refractivity contribution in [1.29, 1.82) is 0 Å². The van der Waals surface area contributed by atoms with E-state index in [0.717, 1.165) is 26.1 Å². The fourth-order valence-electron chi connectivity index (χ4n) is 3.61. The van der Waals surface area contributed by atoms with Crippen LogP contribution in [0, 0.1) is 0 Å². The molecule has 2 aliphatic rings. The summed E-state index contributed by atoms with van der Waals surface area (Å²) in [5.41, 5.74) is 1.08. The monoisotopic (exact) mass is 323 g/mol. The first-order valence-corrected chi connectivity index (χ1v) is 9.05. The molecule has 2 heterocycles. The van der Waals surface area contributed by atoms with E-state index < -0.39 is 5.97 Å². The molecule has 1 aliphatic heterocycles. The molecule has 0 spiro atoms. The van der Waals surface area contributed by atoms with E-state index in [9.17, 15) is 4.79 Å². The largest absolute Gasteiger partial charge is 0.480 e. The Morgan fingerprint density at radius 3 is 3.05 bits per heavy atom. The van der Waals surface area contributed by atoms with Crippen LogP contribution in [0.25, 0.3) is 0 Å². The van der Waals surface area contributed by atoms with E-state index in [1.54, 1.807) is 0 Å². The summed E-state index contributed by atoms with van der Waals surface area (Å²) in [6.45, 7) is 4.91. The minimum atomic E-state index is -0.791. The number of hydrogen-bond acceptors (Lipinski definition) is 5. The van der Waals surface area contributed by atoms with Gasteiger partial charge < -0.3 is 10.4 Å². The molecule has 1 saturated heterocycles. The van der Waals surface area contributed by atoms with Crippen LogP contribution in [0.4, 0.5) is 0 Å². The SMILES string of the molecule is C[C@@]1(NCC(=O)O)CCN(Cc2csc(C3CCCC3)n2)C1. The zero-order chi connectivity index (χ0) is 15.6. The second-order valence-corrected chi connectivity index (χ2v) is 7.82. The molecule has 5 nitrogen and oxygen atoms in total. The van der Waals surface area contributed by atoms with Gasteiger partial charge in [-0.1, -0.05) is 12.8 Å². The Bertz CT molecular complexity index is 527. The highest BCUT2D eigenvalue weighted by Gasteiger charge is 2.34. The van der Waals surface area contributed by atoms with Gasteiger partial charge in [0.25, 0.3) is 0 Å². The first kappa shape index (κ1) is 15.9. The number of carbonyl (C=O) groups is 1. The van der Waals surface area contributed by atoms with Crippen LogP contribution in [0.2, 0.25) is 0 Å². The van der Waals surface area contributed by atoms with Crippen molar-refractivity contribution in [2.24, 2.45) is 0 Å². The van der Waals surface area contributed by atoms with Gasteiger partial charge in [-0.3, -0.25) is 9.69 Å². The minimum absolute atomic E-state index is 0.0346. The van der Waals surface area contributed by atoms with Crippen molar-refractivity contribution in [1.82, 2.24) is 15.2 Å². The van der Waals surface area contributed by atoms with Gasteiger partial charge in [-0.25, -0.2) is 4.98 Å². The Morgan fingerprint density at radius 1 is 1.55 bits per heavy atom. The van der Waals surface area contributed by atoms with Gasteiger partial charge in [0.1, 0.15) is 0 Å². The summed E-state index contributed by atoms with van der Waals surface area (Å²) in [7, 11) is 0. The van der Waals surface area contributed by atoms with Crippen molar-refractivity contribution in [3.63, 3.8) is 0 Å². The molecule has 0 amide bonds. The number of nitrogens with zero attached hydrogens (tertiary/aromatic N) is 2. The lowest BCUT2D eigenvalue weighted by molar-refractivity contribution is -0.136. The number of aliphatic carboxylic acids is 1. The highest BCUT2D eigenvalue weighted by Crippen LogP contribution is 2.35. The van der Waals surface area contributed by atoms with Crippen molar-refractivity contribution in [3.8, 4) is 0 Å². The average molecular weight is 323 g/mol. The van der Waals surface area contributed by atoms with Crippen LogP contribution >= 0.6 is 11.3 Å². The van der Waals surface area contributed by atoms with E-state index in [-0.39, 0.29) is 12.1 Å². The number of likely N-dealkylation sites (tertiary alicyclic amines) is 1. The molecule has 6 heteroatoms. The van der Waals surface area contributed by atoms with E-state index in [4.69, 9.17) is 10.1 Å². The molecule has 3 rings (SSSR count). The summed E-state index contributed by atoms with van der Waals surface area (Å²) in [5.74, 6) is -0.0970. The highest BCUT2D eigenvalue weighted by molar-refractivity contribution is 7.09. The zero-order valence-electron chi connectivity index (χ0n) is 13.2. The number of rotatable bonds is 6. The second kappa shape index (κ2) is 6.64. The third-order valence-corrected chi connectivity index (χ3v) is 5.93. The summed E-state index contributed by atoms with van der Waals surface area (Å²) in [6, 6.07) is 0. The van der Waals surface area contributed by atoms with Crippen LogP contribution in [0.15, 0.2) is 5.38 Å². The predicted molar refractivity (Wildman–Crippen MR) is 87.3 cm³/mol. The predicted octanol–water partition coefficient (Wildman–Crippen LogP) is 2.44. The van der Waals surface area contributed by atoms with Gasteiger partial charge in [0, 0.05) is 36.5 Å². The van der Waals surface area contributed by atoms with E-state index >= 15 is 0 Å². The Morgan fingerprint density at radius 2 is 2.32 bits per heavy atom. The number of thiazole rings is 1. The van der Waals surface area contributed by atoms with E-state index in [1.165, 1.54) is 36.4 Å². The standard InChI is InChI=1S/C16H25N3O2S/c1-16(17-8-14(20)21)6-7-19(11-16)9-13-10-22-15(18-13)12-4-2-3-5-12/h10,12,17H,2-9,11H2,1H3,(H,20,21)/t16-/m1/s1. The van der Waals surface area contributed by atoms with Crippen LogP contribution in [0.3, 0.4) is 0 Å². The molecule has 22 heavy (non-hydrogen) atoms. The molecule has 1 aromatic heterocycles. The summed E-state index contributed by atoms with van der Waals surface area (Å²) < 4.78 is 0. The van der Waals surface area contributed by atoms with Crippen LogP contribution in [0.5, 0.6) is 0 Å². The summed E-state index contributed by atoms with van der Waals surface area (Å²) in [5, 5.41) is 15.5. The van der Waals surface area contributed by atoms with Crippen LogP contribution in [-0.4, -0.2) is 46.1 Å². The Balaban J connectivity index is 1.52. The number of hydrogen-bond donors (Lipinski definition) is 2. The fourth-order valence-corrected chi connectivity index (χ4v) is 4.59. The first-order chi connectivity index (χ1) is 10.5. The van der Waals surface area contributed by atoms with Crippen molar-refractivity contribution < 1.29 is 9.90 Å². The number of carboxylic acids is 1. The maximum absolute atomic E-state index is 10.7. The van der Waals surface area contributed by atoms with Crippen molar-refractivity contribution >= 4 is 17.3 Å². The topological polar surface area (TPSA) is 65.5 Å². The Kier molecular flexibility index (Phi) is 4.80. The zero-order valence-corrected chi connectivity index (χ0v) is 14.0. The first-order valence-electron chi connectivity index (χ1n) is 8.18. The van der Waals surface area contributed by atoms with Gasteiger partial charge in [-0.15, -0.1) is 11.3 Å². The summed E-state index contributed by atoms with van der Waals surface area (Å²) >= 11 is 1.81. The van der Waals surface area contributed by atoms with E-state index in [1.807, 2.05) is 11.3 Å². The fraction of sp³-hybridized carbons (Fsp3) is 0.750. The normalized spacial score (nSPS) is 26.8. The number of nitrogens with one attached hydrogen (secondary N) is 1. The number of aromatic nitrogens is 1. The molecule has 1 aromatic rings. The lowest BCUT2D eigenvalue weighted by Crippen LogP contribution is -2.46. The molecule has 1 aliphatic carbocycles. The Hall–Kier alpha value is -0.980. The minimum Gasteiger partial charge on any atom is -0.480 e. The molecular weight excluding hydrogens is 298 g/mol. The maximum atomic E-state index is 10.7. The van der Waals surface area contributed by atoms with Crippen molar-refractivity contribution in [2.45, 2.75) is 57.0 Å². The van der Waals surface area contributed by atoms with Gasteiger partial charge in [0.05, 0.1) is 17.2 Å². The van der Waals surface area contributed by atoms with Gasteiger partial charge in [-0.2, -0.15) is 0 Å². The smallest absolute Gasteiger partial charge is 0.317 e. The molecule has 0 bridgehead atoms. The Labute approximate surface area is 135 Å². The second-order valence-electron chi connectivity index (χ2n) is 6.93. The molecule has 0 unspecified atom stereocenters. The van der Waals surface area contributed by atoms with Crippen LogP contribution in [0.1, 0.15) is 55.6 Å². The van der Waals surface area contributed by atoms with Crippen molar-refractivity contribution in [3.05, 3.63) is 16.1 Å². The molecule has 2 fully saturated rings. The van der Waals surface area contributed by atoms with E-state index in [2.05, 4.69) is 22.5 Å². The lowest BCUT2D eigenvalue weighted by atomic mass is 10.0. The highest BCUT2D eigenvalue weighted by atomic mass is 32.1. The van der Waals surface area contributed by atoms with Gasteiger partial charge >= 0.3 is 5.97 Å². The van der Waals surface area contributed by atoms with Gasteiger partial charge in [0.15, 0.2) is 0 Å². The van der Waals surface area contributed by atoms with Crippen LogP contribution in [-0.2, 0) is 11.3 Å². The van der Waals surface area contributed by atoms with Gasteiger partial charge in [-0.05, 0) is 26.2 Å². The molecule has 0 aromatic carbocycles. The maximum Gasteiger partial charge on any atom is 0.317 e. The summed E-state index contributed by atoms with van der Waals surface area (Å²) in [6.07, 6.45) is 6.28. The molecule has 0 radical (unpaired) electrons. The quantitative estimate of drug-likeness (QED) is 0.842. The molecule has 1 saturated carbocycles. The third-order valence-electron chi connectivity index (χ3n) is 4.88. The molecule has 1 atom stereocenters. The summed E-state index contributed by atoms with van der Waals surface area (Å²) in [4.78, 5) is 17.9. The van der Waals surface area contributed by atoms with Crippen LogP contribution < -0.4 is 5.32 Å². The molecule has 122 valence electrons. The number of carboxylic acid groups (broad SMARTS) is 1. The molecule has 2 N–H and O–H groups in total.